The maximum absolute atomic E-state index is 13.2. The second-order valence-corrected chi connectivity index (χ2v) is 11.1. The van der Waals surface area contributed by atoms with E-state index in [2.05, 4.69) is 61.4 Å². The number of anilines is 1. The third-order valence-corrected chi connectivity index (χ3v) is 8.48. The van der Waals surface area contributed by atoms with Crippen molar-refractivity contribution in [3.8, 4) is 0 Å². The lowest BCUT2D eigenvalue weighted by atomic mass is 9.86. The van der Waals surface area contributed by atoms with Gasteiger partial charge in [-0.2, -0.15) is 0 Å². The van der Waals surface area contributed by atoms with Crippen molar-refractivity contribution >= 4 is 11.6 Å². The molecule has 2 aromatic carbocycles. The number of nitrogens with zero attached hydrogens (tertiary/aromatic N) is 4. The molecular formula is C32H39FN6O2. The minimum Gasteiger partial charge on any atom is -0.378 e. The number of benzene rings is 2. The van der Waals surface area contributed by atoms with Gasteiger partial charge in [-0.3, -0.25) is 14.6 Å². The van der Waals surface area contributed by atoms with Crippen molar-refractivity contribution in [1.82, 2.24) is 25.1 Å². The van der Waals surface area contributed by atoms with Gasteiger partial charge in [0.25, 0.3) is 5.91 Å². The van der Waals surface area contributed by atoms with E-state index in [9.17, 15) is 9.18 Å². The third kappa shape index (κ3) is 6.37. The number of aromatic nitrogens is 2. The van der Waals surface area contributed by atoms with E-state index in [1.165, 1.54) is 17.8 Å². The number of imidazole rings is 1. The van der Waals surface area contributed by atoms with Crippen LogP contribution in [0.25, 0.3) is 0 Å². The summed E-state index contributed by atoms with van der Waals surface area (Å²) in [4.78, 5) is 28.7. The molecule has 1 amide bonds. The number of morpholine rings is 1. The Morgan fingerprint density at radius 1 is 0.976 bits per heavy atom. The summed E-state index contributed by atoms with van der Waals surface area (Å²) in [6.07, 6.45) is 5.15. The zero-order valence-electron chi connectivity index (χ0n) is 23.7. The number of ether oxygens (including phenoxy) is 1. The van der Waals surface area contributed by atoms with Crippen LogP contribution in [0, 0.1) is 5.82 Å². The minimum absolute atomic E-state index is 0.143. The maximum atomic E-state index is 13.2. The topological polar surface area (TPSA) is 76.7 Å². The predicted octanol–water partition coefficient (Wildman–Crippen LogP) is 3.72. The van der Waals surface area contributed by atoms with E-state index >= 15 is 0 Å². The number of nitrogens with one attached hydrogen (secondary N) is 2. The van der Waals surface area contributed by atoms with Gasteiger partial charge in [-0.1, -0.05) is 43.3 Å². The summed E-state index contributed by atoms with van der Waals surface area (Å²) in [6, 6.07) is 15.4. The summed E-state index contributed by atoms with van der Waals surface area (Å²) in [5, 5.41) is 3.07. The highest BCUT2D eigenvalue weighted by molar-refractivity contribution is 5.93. The quantitative estimate of drug-likeness (QED) is 0.390. The molecule has 2 saturated heterocycles. The monoisotopic (exact) mass is 558 g/mol. The lowest BCUT2D eigenvalue weighted by Gasteiger charge is -2.43. The van der Waals surface area contributed by atoms with Crippen LogP contribution in [-0.4, -0.2) is 84.2 Å². The fraction of sp³-hybridized carbons (Fsp3) is 0.438. The van der Waals surface area contributed by atoms with E-state index < -0.39 is 0 Å². The van der Waals surface area contributed by atoms with Crippen molar-refractivity contribution < 1.29 is 13.9 Å². The van der Waals surface area contributed by atoms with Crippen LogP contribution < -0.4 is 10.2 Å². The van der Waals surface area contributed by atoms with Gasteiger partial charge in [-0.25, -0.2) is 9.37 Å². The number of H-pyrrole nitrogens is 1. The molecule has 2 aliphatic heterocycles. The van der Waals surface area contributed by atoms with Gasteiger partial charge in [0.05, 0.1) is 19.1 Å². The number of carbonyl (C=O) groups is 1. The van der Waals surface area contributed by atoms with Crippen LogP contribution in [0.1, 0.15) is 46.0 Å². The minimum atomic E-state index is -0.194. The zero-order valence-corrected chi connectivity index (χ0v) is 23.7. The molecule has 0 bridgehead atoms. The van der Waals surface area contributed by atoms with E-state index in [1.807, 2.05) is 19.1 Å². The Hall–Kier alpha value is -3.53. The first-order chi connectivity index (χ1) is 20.1. The van der Waals surface area contributed by atoms with Crippen LogP contribution in [0.3, 0.4) is 0 Å². The van der Waals surface area contributed by atoms with Gasteiger partial charge in [-0.15, -0.1) is 0 Å². The molecule has 9 heteroatoms. The number of hydrogen-bond acceptors (Lipinski definition) is 6. The van der Waals surface area contributed by atoms with Crippen LogP contribution in [0.2, 0.25) is 0 Å². The molecule has 8 nitrogen and oxygen atoms in total. The standard InChI is InChI=1S/C32H39FN6O2/c1-2-28-30(32(40)34-21-23-5-9-26(10-6-23)38-17-19-41-20-18-38)36-31(35-28)27-11-12-29(27)39-15-13-37(14-16-39)22-24-3-7-25(33)8-4-24/h3-12,27,29H,2,13-22H2,1H3,(H,34,40)(H,35,36). The molecule has 1 aliphatic carbocycles. The van der Waals surface area contributed by atoms with E-state index in [-0.39, 0.29) is 23.7 Å². The van der Waals surface area contributed by atoms with Gasteiger partial charge < -0.3 is 19.9 Å². The smallest absolute Gasteiger partial charge is 0.272 e. The van der Waals surface area contributed by atoms with Gasteiger partial charge in [-0.05, 0) is 41.8 Å². The molecule has 2 atom stereocenters. The molecule has 3 aromatic rings. The molecule has 41 heavy (non-hydrogen) atoms. The van der Waals surface area contributed by atoms with Crippen molar-refractivity contribution in [2.45, 2.75) is 38.4 Å². The molecular weight excluding hydrogens is 519 g/mol. The summed E-state index contributed by atoms with van der Waals surface area (Å²) in [5.74, 6) is 0.679. The number of aryl methyl sites for hydroxylation is 1. The number of piperazine rings is 1. The Morgan fingerprint density at radius 3 is 2.34 bits per heavy atom. The van der Waals surface area contributed by atoms with Crippen LogP contribution in [0.5, 0.6) is 0 Å². The average Bonchev–Trinajstić information content (AvgIpc) is 3.42. The second-order valence-electron chi connectivity index (χ2n) is 11.1. The van der Waals surface area contributed by atoms with E-state index in [0.29, 0.717) is 18.7 Å². The van der Waals surface area contributed by atoms with Gasteiger partial charge in [0, 0.05) is 69.8 Å². The Morgan fingerprint density at radius 2 is 1.68 bits per heavy atom. The number of rotatable bonds is 9. The lowest BCUT2D eigenvalue weighted by molar-refractivity contribution is 0.0939. The van der Waals surface area contributed by atoms with Gasteiger partial charge in [0.15, 0.2) is 0 Å². The first kappa shape index (κ1) is 27.6. The Balaban J connectivity index is 1.02. The van der Waals surface area contributed by atoms with Crippen LogP contribution >= 0.6 is 0 Å². The number of halogens is 1. The summed E-state index contributed by atoms with van der Waals surface area (Å²) in [5.41, 5.74) is 4.76. The van der Waals surface area contributed by atoms with Crippen LogP contribution in [0.4, 0.5) is 10.1 Å². The van der Waals surface area contributed by atoms with Crippen molar-refractivity contribution in [3.05, 3.63) is 94.8 Å². The summed E-state index contributed by atoms with van der Waals surface area (Å²) < 4.78 is 18.7. The van der Waals surface area contributed by atoms with E-state index in [0.717, 1.165) is 81.7 Å². The normalized spacial score (nSPS) is 21.6. The van der Waals surface area contributed by atoms with Gasteiger partial charge in [0.2, 0.25) is 0 Å². The number of amides is 1. The largest absolute Gasteiger partial charge is 0.378 e. The molecule has 2 fully saturated rings. The Bertz CT molecular complexity index is 1340. The van der Waals surface area contributed by atoms with Crippen LogP contribution in [-0.2, 0) is 24.2 Å². The van der Waals surface area contributed by atoms with Gasteiger partial charge in [0.1, 0.15) is 17.3 Å². The highest BCUT2D eigenvalue weighted by Gasteiger charge is 2.35. The lowest BCUT2D eigenvalue weighted by Crippen LogP contribution is -2.52. The molecule has 1 aromatic heterocycles. The molecule has 216 valence electrons. The van der Waals surface area contributed by atoms with Crippen molar-refractivity contribution in [2.75, 3.05) is 57.4 Å². The molecule has 2 N–H and O–H groups in total. The molecule has 3 heterocycles. The maximum Gasteiger partial charge on any atom is 0.272 e. The van der Waals surface area contributed by atoms with Gasteiger partial charge >= 0.3 is 0 Å². The molecule has 0 saturated carbocycles. The predicted molar refractivity (Wildman–Crippen MR) is 158 cm³/mol. The summed E-state index contributed by atoms with van der Waals surface area (Å²) in [6.45, 7) is 10.5. The van der Waals surface area contributed by atoms with Crippen molar-refractivity contribution in [3.63, 3.8) is 0 Å². The number of aromatic amines is 1. The first-order valence-electron chi connectivity index (χ1n) is 14.7. The highest BCUT2D eigenvalue weighted by Crippen LogP contribution is 2.33. The van der Waals surface area contributed by atoms with E-state index in [1.54, 1.807) is 0 Å². The number of hydrogen-bond donors (Lipinski definition) is 2. The fourth-order valence-electron chi connectivity index (χ4n) is 5.93. The SMILES string of the molecule is CCc1[nH]c(C2C=CC2N2CCN(Cc3ccc(F)cc3)CC2)nc1C(=O)NCc1ccc(N2CCOCC2)cc1. The second kappa shape index (κ2) is 12.5. The Kier molecular flexibility index (Phi) is 8.46. The highest BCUT2D eigenvalue weighted by atomic mass is 19.1. The average molecular weight is 559 g/mol. The molecule has 0 spiro atoms. The molecule has 3 aliphatic rings. The summed E-state index contributed by atoms with van der Waals surface area (Å²) >= 11 is 0. The van der Waals surface area contributed by atoms with E-state index in [4.69, 9.17) is 9.72 Å². The molecule has 6 rings (SSSR count). The van der Waals surface area contributed by atoms with Crippen molar-refractivity contribution in [2.24, 2.45) is 0 Å². The Labute approximate surface area is 241 Å². The molecule has 0 radical (unpaired) electrons. The van der Waals surface area contributed by atoms with Crippen molar-refractivity contribution in [1.29, 1.82) is 0 Å². The van der Waals surface area contributed by atoms with Crippen LogP contribution in [0.15, 0.2) is 60.7 Å². The summed E-state index contributed by atoms with van der Waals surface area (Å²) in [7, 11) is 0. The fourth-order valence-corrected chi connectivity index (χ4v) is 5.93. The third-order valence-electron chi connectivity index (χ3n) is 8.48. The zero-order chi connectivity index (χ0) is 28.2. The first-order valence-corrected chi connectivity index (χ1v) is 14.7. The molecule has 2 unspecified atom stereocenters. The number of carbonyl (C=O) groups excluding carboxylic acids is 1.